The first kappa shape index (κ1) is 15.4. The Morgan fingerprint density at radius 3 is 3.25 bits per heavy atom. The minimum absolute atomic E-state index is 0.0640. The number of hydrogen-bond donors (Lipinski definition) is 1. The summed E-state index contributed by atoms with van der Waals surface area (Å²) in [7, 11) is 0. The molecule has 124 valence electrons. The highest BCUT2D eigenvalue weighted by Gasteiger charge is 2.24. The second-order valence-electron chi connectivity index (χ2n) is 6.16. The molecule has 1 aliphatic heterocycles. The number of aromatic nitrogens is 2. The summed E-state index contributed by atoms with van der Waals surface area (Å²) in [6, 6.07) is 8.57. The molecular weight excluding hydrogens is 322 g/mol. The van der Waals surface area contributed by atoms with E-state index in [-0.39, 0.29) is 5.91 Å². The molecule has 5 nitrogen and oxygen atoms in total. The van der Waals surface area contributed by atoms with Crippen molar-refractivity contribution < 1.29 is 9.53 Å². The topological polar surface area (TPSA) is 58.2 Å². The van der Waals surface area contributed by atoms with Gasteiger partial charge in [0, 0.05) is 30.7 Å². The average molecular weight is 341 g/mol. The van der Waals surface area contributed by atoms with Gasteiger partial charge >= 0.3 is 0 Å². The fraction of sp³-hybridized carbons (Fsp3) is 0.333. The maximum Gasteiger partial charge on any atom is 0.265 e. The van der Waals surface area contributed by atoms with Gasteiger partial charge < -0.3 is 14.6 Å². The summed E-state index contributed by atoms with van der Waals surface area (Å²) in [5.74, 6) is 0.370. The van der Waals surface area contributed by atoms with Crippen LogP contribution in [-0.4, -0.2) is 47.1 Å². The van der Waals surface area contributed by atoms with E-state index in [0.29, 0.717) is 30.6 Å². The Labute approximate surface area is 144 Å². The number of carbonyl (C=O) groups is 1. The highest BCUT2D eigenvalue weighted by molar-refractivity contribution is 7.11. The molecule has 0 unspecified atom stereocenters. The highest BCUT2D eigenvalue weighted by Crippen LogP contribution is 2.20. The number of rotatable bonds is 3. The number of carbonyl (C=O) groups excluding carboxylic acids is 1. The quantitative estimate of drug-likeness (QED) is 0.797. The molecule has 1 saturated heterocycles. The zero-order valence-electron chi connectivity index (χ0n) is 13.3. The first-order chi connectivity index (χ1) is 11.8. The van der Waals surface area contributed by atoms with E-state index in [1.807, 2.05) is 11.1 Å². The lowest BCUT2D eigenvalue weighted by molar-refractivity contribution is 0.0742. The lowest BCUT2D eigenvalue weighted by Crippen LogP contribution is -2.36. The van der Waals surface area contributed by atoms with Crippen LogP contribution in [0.5, 0.6) is 0 Å². The van der Waals surface area contributed by atoms with Crippen LogP contribution in [0.4, 0.5) is 0 Å². The van der Waals surface area contributed by atoms with Gasteiger partial charge in [0.25, 0.3) is 5.91 Å². The Hall–Kier alpha value is -2.18. The number of nitrogens with one attached hydrogen (secondary N) is 1. The van der Waals surface area contributed by atoms with E-state index < -0.39 is 0 Å². The van der Waals surface area contributed by atoms with Crippen molar-refractivity contribution in [2.45, 2.75) is 6.42 Å². The summed E-state index contributed by atoms with van der Waals surface area (Å²) in [5.41, 5.74) is 4.13. The molecule has 24 heavy (non-hydrogen) atoms. The van der Waals surface area contributed by atoms with Crippen LogP contribution in [0.2, 0.25) is 0 Å². The fourth-order valence-electron chi connectivity index (χ4n) is 3.23. The van der Waals surface area contributed by atoms with Gasteiger partial charge in [0.1, 0.15) is 4.88 Å². The lowest BCUT2D eigenvalue weighted by atomic mass is 9.98. The Balaban J connectivity index is 1.48. The highest BCUT2D eigenvalue weighted by atomic mass is 32.1. The number of hydrogen-bond acceptors (Lipinski definition) is 4. The van der Waals surface area contributed by atoms with Gasteiger partial charge in [0.15, 0.2) is 0 Å². The molecule has 1 amide bonds. The number of fused-ring (bicyclic) bond motifs is 1. The van der Waals surface area contributed by atoms with E-state index in [4.69, 9.17) is 4.74 Å². The fourth-order valence-corrected chi connectivity index (χ4v) is 3.82. The summed E-state index contributed by atoms with van der Waals surface area (Å²) in [5, 5.41) is 1.22. The van der Waals surface area contributed by atoms with Crippen molar-refractivity contribution in [2.24, 2.45) is 5.92 Å². The number of aromatic amines is 1. The maximum atomic E-state index is 12.6. The van der Waals surface area contributed by atoms with Crippen molar-refractivity contribution in [3.63, 3.8) is 0 Å². The van der Waals surface area contributed by atoms with Gasteiger partial charge in [-0.2, -0.15) is 0 Å². The number of nitrogens with zero attached hydrogens (tertiary/aromatic N) is 2. The standard InChI is InChI=1S/C18H19N3O2S/c22-18(17-9-19-12-24-17)21-5-6-23-11-14(10-21)7-13-1-2-16-15(8-13)3-4-20-16/h1-4,8-9,12,14,20H,5-7,10-11H2/t14-/m0/s1. The van der Waals surface area contributed by atoms with Crippen LogP contribution in [0.15, 0.2) is 42.2 Å². The largest absolute Gasteiger partial charge is 0.379 e. The third kappa shape index (κ3) is 3.20. The molecule has 6 heteroatoms. The monoisotopic (exact) mass is 341 g/mol. The van der Waals surface area contributed by atoms with E-state index in [0.717, 1.165) is 18.5 Å². The molecule has 0 aliphatic carbocycles. The summed E-state index contributed by atoms with van der Waals surface area (Å²) in [4.78, 5) is 22.4. The van der Waals surface area contributed by atoms with Crippen molar-refractivity contribution in [2.75, 3.05) is 26.3 Å². The molecule has 1 atom stereocenters. The number of benzene rings is 1. The molecule has 3 aromatic rings. The SMILES string of the molecule is O=C(c1cncs1)N1CCOC[C@@H](Cc2ccc3[nH]ccc3c2)C1. The normalized spacial score (nSPS) is 18.7. The third-order valence-electron chi connectivity index (χ3n) is 4.41. The summed E-state index contributed by atoms with van der Waals surface area (Å²) < 4.78 is 5.74. The molecule has 0 bridgehead atoms. The Bertz CT molecular complexity index is 828. The maximum absolute atomic E-state index is 12.6. The third-order valence-corrected chi connectivity index (χ3v) is 5.17. The number of thiazole rings is 1. The van der Waals surface area contributed by atoms with Gasteiger partial charge in [-0.25, -0.2) is 0 Å². The van der Waals surface area contributed by atoms with E-state index in [2.05, 4.69) is 34.2 Å². The van der Waals surface area contributed by atoms with Gasteiger partial charge in [-0.15, -0.1) is 11.3 Å². The second kappa shape index (κ2) is 6.75. The first-order valence-corrected chi connectivity index (χ1v) is 8.99. The molecule has 4 rings (SSSR count). The first-order valence-electron chi connectivity index (χ1n) is 8.11. The van der Waals surface area contributed by atoms with Crippen LogP contribution in [0, 0.1) is 5.92 Å². The molecule has 1 aromatic carbocycles. The predicted octanol–water partition coefficient (Wildman–Crippen LogP) is 2.96. The smallest absolute Gasteiger partial charge is 0.265 e. The Morgan fingerprint density at radius 1 is 1.42 bits per heavy atom. The van der Waals surface area contributed by atoms with Gasteiger partial charge in [-0.1, -0.05) is 6.07 Å². The van der Waals surface area contributed by atoms with Crippen molar-refractivity contribution in [1.29, 1.82) is 0 Å². The summed E-state index contributed by atoms with van der Waals surface area (Å²) in [6.07, 6.45) is 4.51. The zero-order valence-corrected chi connectivity index (χ0v) is 14.1. The van der Waals surface area contributed by atoms with Gasteiger partial charge in [-0.3, -0.25) is 9.78 Å². The van der Waals surface area contributed by atoms with Crippen LogP contribution in [-0.2, 0) is 11.2 Å². The van der Waals surface area contributed by atoms with Crippen LogP contribution in [0.25, 0.3) is 10.9 Å². The van der Waals surface area contributed by atoms with Crippen molar-refractivity contribution in [3.05, 3.63) is 52.6 Å². The average Bonchev–Trinajstić information content (AvgIpc) is 3.23. The summed E-state index contributed by atoms with van der Waals surface area (Å²) >= 11 is 1.39. The van der Waals surface area contributed by atoms with Crippen LogP contribution in [0.3, 0.4) is 0 Å². The molecule has 1 fully saturated rings. The molecule has 0 radical (unpaired) electrons. The van der Waals surface area contributed by atoms with E-state index in [1.54, 1.807) is 11.7 Å². The van der Waals surface area contributed by atoms with Crippen LogP contribution in [0.1, 0.15) is 15.2 Å². The molecule has 0 saturated carbocycles. The Kier molecular flexibility index (Phi) is 4.32. The van der Waals surface area contributed by atoms with Gasteiger partial charge in [0.05, 0.1) is 24.9 Å². The minimum Gasteiger partial charge on any atom is -0.379 e. The minimum atomic E-state index is 0.0640. The molecular formula is C18H19N3O2S. The molecule has 0 spiro atoms. The number of H-pyrrole nitrogens is 1. The number of ether oxygens (including phenoxy) is 1. The molecule has 3 heterocycles. The summed E-state index contributed by atoms with van der Waals surface area (Å²) in [6.45, 7) is 2.65. The van der Waals surface area contributed by atoms with E-state index in [1.165, 1.54) is 22.3 Å². The van der Waals surface area contributed by atoms with Crippen molar-refractivity contribution in [3.8, 4) is 0 Å². The van der Waals surface area contributed by atoms with E-state index in [9.17, 15) is 4.79 Å². The zero-order chi connectivity index (χ0) is 16.4. The van der Waals surface area contributed by atoms with Crippen molar-refractivity contribution in [1.82, 2.24) is 14.9 Å². The van der Waals surface area contributed by atoms with Crippen LogP contribution >= 0.6 is 11.3 Å². The van der Waals surface area contributed by atoms with Crippen molar-refractivity contribution >= 4 is 28.1 Å². The Morgan fingerprint density at radius 2 is 2.38 bits per heavy atom. The number of amides is 1. The van der Waals surface area contributed by atoms with Gasteiger partial charge in [-0.05, 0) is 35.6 Å². The van der Waals surface area contributed by atoms with Gasteiger partial charge in [0.2, 0.25) is 0 Å². The predicted molar refractivity (Wildman–Crippen MR) is 94.3 cm³/mol. The molecule has 1 aliphatic rings. The van der Waals surface area contributed by atoms with Crippen LogP contribution < -0.4 is 0 Å². The van der Waals surface area contributed by atoms with E-state index >= 15 is 0 Å². The second-order valence-corrected chi connectivity index (χ2v) is 7.05. The molecule has 1 N–H and O–H groups in total. The lowest BCUT2D eigenvalue weighted by Gasteiger charge is -2.23. The molecule has 2 aromatic heterocycles.